The van der Waals surface area contributed by atoms with Crippen LogP contribution in [0.5, 0.6) is 5.75 Å². The molecule has 2 nitrogen and oxygen atoms in total. The number of halogens is 1. The van der Waals surface area contributed by atoms with Gasteiger partial charge in [-0.3, -0.25) is 4.79 Å². The van der Waals surface area contributed by atoms with E-state index in [0.717, 1.165) is 22.2 Å². The molecule has 0 radical (unpaired) electrons. The first kappa shape index (κ1) is 12.2. The third-order valence-electron chi connectivity index (χ3n) is 2.05. The van der Waals surface area contributed by atoms with Crippen molar-refractivity contribution in [2.75, 3.05) is 6.61 Å². The summed E-state index contributed by atoms with van der Waals surface area (Å²) in [6, 6.07) is 5.75. The number of Topliss-reactive ketones (excluding diaryl/α,β-unsaturated/α-hetero) is 1. The second kappa shape index (κ2) is 5.91. The highest BCUT2D eigenvalue weighted by molar-refractivity contribution is 9.10. The summed E-state index contributed by atoms with van der Waals surface area (Å²) in [7, 11) is 0. The molecule has 82 valence electrons. The summed E-state index contributed by atoms with van der Waals surface area (Å²) in [5, 5.41) is 0. The van der Waals surface area contributed by atoms with E-state index in [1.165, 1.54) is 0 Å². The van der Waals surface area contributed by atoms with Gasteiger partial charge in [-0.05, 0) is 37.1 Å². The monoisotopic (exact) mass is 270 g/mol. The van der Waals surface area contributed by atoms with E-state index in [4.69, 9.17) is 4.74 Å². The minimum Gasteiger partial charge on any atom is -0.486 e. The van der Waals surface area contributed by atoms with Crippen molar-refractivity contribution in [3.8, 4) is 5.75 Å². The van der Waals surface area contributed by atoms with Crippen molar-refractivity contribution < 1.29 is 9.53 Å². The number of benzene rings is 1. The molecule has 0 saturated carbocycles. The smallest absolute Gasteiger partial charge is 0.170 e. The summed E-state index contributed by atoms with van der Waals surface area (Å²) in [4.78, 5) is 11.3. The SMILES string of the molecule is CCCC(=O)COc1ccc(Br)cc1C. The Kier molecular flexibility index (Phi) is 4.82. The molecule has 0 aliphatic heterocycles. The summed E-state index contributed by atoms with van der Waals surface area (Å²) >= 11 is 3.38. The van der Waals surface area contributed by atoms with Crippen molar-refractivity contribution in [3.63, 3.8) is 0 Å². The molecule has 0 N–H and O–H groups in total. The Morgan fingerprint density at radius 2 is 2.20 bits per heavy atom. The van der Waals surface area contributed by atoms with Crippen molar-refractivity contribution >= 4 is 21.7 Å². The third-order valence-corrected chi connectivity index (χ3v) is 2.55. The molecule has 0 spiro atoms. The highest BCUT2D eigenvalue weighted by Gasteiger charge is 2.04. The van der Waals surface area contributed by atoms with E-state index in [1.807, 2.05) is 32.0 Å². The Morgan fingerprint density at radius 3 is 2.80 bits per heavy atom. The zero-order chi connectivity index (χ0) is 11.3. The molecule has 0 aliphatic carbocycles. The van der Waals surface area contributed by atoms with Crippen molar-refractivity contribution in [2.45, 2.75) is 26.7 Å². The quantitative estimate of drug-likeness (QED) is 0.819. The molecule has 0 aromatic heterocycles. The lowest BCUT2D eigenvalue weighted by Crippen LogP contribution is -2.10. The van der Waals surface area contributed by atoms with Crippen LogP contribution in [0.4, 0.5) is 0 Å². The first-order chi connectivity index (χ1) is 7.13. The minimum atomic E-state index is 0.153. The lowest BCUT2D eigenvalue weighted by atomic mass is 10.2. The van der Waals surface area contributed by atoms with Crippen molar-refractivity contribution in [1.29, 1.82) is 0 Å². The fourth-order valence-corrected chi connectivity index (χ4v) is 1.76. The van der Waals surface area contributed by atoms with E-state index in [1.54, 1.807) is 0 Å². The van der Waals surface area contributed by atoms with Gasteiger partial charge in [0.2, 0.25) is 0 Å². The average molecular weight is 271 g/mol. The number of ether oxygens (including phenoxy) is 1. The number of carbonyl (C=O) groups is 1. The maximum Gasteiger partial charge on any atom is 0.170 e. The summed E-state index contributed by atoms with van der Waals surface area (Å²) in [5.74, 6) is 0.933. The Hall–Kier alpha value is -0.830. The van der Waals surface area contributed by atoms with Gasteiger partial charge in [0.1, 0.15) is 12.4 Å². The second-order valence-corrected chi connectivity index (χ2v) is 4.40. The van der Waals surface area contributed by atoms with E-state index in [0.29, 0.717) is 6.42 Å². The third kappa shape index (κ3) is 4.04. The summed E-state index contributed by atoms with van der Waals surface area (Å²) in [5.41, 5.74) is 1.04. The number of hydrogen-bond donors (Lipinski definition) is 0. The largest absolute Gasteiger partial charge is 0.486 e. The topological polar surface area (TPSA) is 26.3 Å². The molecule has 0 heterocycles. The maximum atomic E-state index is 11.3. The van der Waals surface area contributed by atoms with Crippen LogP contribution in [0, 0.1) is 6.92 Å². The molecule has 1 aromatic carbocycles. The van der Waals surface area contributed by atoms with Crippen molar-refractivity contribution in [3.05, 3.63) is 28.2 Å². The van der Waals surface area contributed by atoms with Crippen LogP contribution in [0.3, 0.4) is 0 Å². The predicted octanol–water partition coefficient (Wildman–Crippen LogP) is 3.51. The summed E-state index contributed by atoms with van der Waals surface area (Å²) in [6.07, 6.45) is 1.47. The van der Waals surface area contributed by atoms with Crippen molar-refractivity contribution in [1.82, 2.24) is 0 Å². The maximum absolute atomic E-state index is 11.3. The van der Waals surface area contributed by atoms with Gasteiger partial charge in [-0.25, -0.2) is 0 Å². The van der Waals surface area contributed by atoms with Gasteiger partial charge < -0.3 is 4.74 Å². The minimum absolute atomic E-state index is 0.153. The number of rotatable bonds is 5. The van der Waals surface area contributed by atoms with E-state index in [2.05, 4.69) is 15.9 Å². The summed E-state index contributed by atoms with van der Waals surface area (Å²) < 4.78 is 6.46. The Labute approximate surface area is 98.8 Å². The highest BCUT2D eigenvalue weighted by Crippen LogP contribution is 2.22. The number of aryl methyl sites for hydroxylation is 1. The predicted molar refractivity (Wildman–Crippen MR) is 64.3 cm³/mol. The van der Waals surface area contributed by atoms with E-state index in [-0.39, 0.29) is 12.4 Å². The first-order valence-corrected chi connectivity index (χ1v) is 5.83. The molecule has 0 unspecified atom stereocenters. The molecule has 3 heteroatoms. The van der Waals surface area contributed by atoms with Gasteiger partial charge in [-0.1, -0.05) is 22.9 Å². The van der Waals surface area contributed by atoms with Crippen LogP contribution < -0.4 is 4.74 Å². The highest BCUT2D eigenvalue weighted by atomic mass is 79.9. The van der Waals surface area contributed by atoms with Gasteiger partial charge in [0.25, 0.3) is 0 Å². The molecule has 0 aliphatic rings. The fraction of sp³-hybridized carbons (Fsp3) is 0.417. The van der Waals surface area contributed by atoms with Gasteiger partial charge in [0, 0.05) is 10.9 Å². The van der Waals surface area contributed by atoms with E-state index in [9.17, 15) is 4.79 Å². The second-order valence-electron chi connectivity index (χ2n) is 3.49. The molecule has 0 fully saturated rings. The van der Waals surface area contributed by atoms with Crippen LogP contribution in [0.2, 0.25) is 0 Å². The van der Waals surface area contributed by atoms with E-state index < -0.39 is 0 Å². The van der Waals surface area contributed by atoms with Crippen LogP contribution in [-0.2, 0) is 4.79 Å². The van der Waals surface area contributed by atoms with Crippen LogP contribution in [0.1, 0.15) is 25.3 Å². The number of carbonyl (C=O) groups excluding carboxylic acids is 1. The number of ketones is 1. The van der Waals surface area contributed by atoms with Gasteiger partial charge >= 0.3 is 0 Å². The number of hydrogen-bond acceptors (Lipinski definition) is 2. The lowest BCUT2D eigenvalue weighted by molar-refractivity contribution is -0.121. The Balaban J connectivity index is 2.54. The van der Waals surface area contributed by atoms with Gasteiger partial charge in [-0.15, -0.1) is 0 Å². The fourth-order valence-electron chi connectivity index (χ4n) is 1.28. The van der Waals surface area contributed by atoms with Crippen LogP contribution in [-0.4, -0.2) is 12.4 Å². The molecule has 0 amide bonds. The van der Waals surface area contributed by atoms with Crippen LogP contribution in [0.15, 0.2) is 22.7 Å². The first-order valence-electron chi connectivity index (χ1n) is 5.04. The Morgan fingerprint density at radius 1 is 1.47 bits per heavy atom. The van der Waals surface area contributed by atoms with Gasteiger partial charge in [0.05, 0.1) is 0 Å². The van der Waals surface area contributed by atoms with Crippen LogP contribution in [0.25, 0.3) is 0 Å². The molecule has 0 atom stereocenters. The zero-order valence-corrected chi connectivity index (χ0v) is 10.6. The molecule has 1 aromatic rings. The van der Waals surface area contributed by atoms with Crippen LogP contribution >= 0.6 is 15.9 Å². The molecule has 15 heavy (non-hydrogen) atoms. The molecular formula is C12H15BrO2. The van der Waals surface area contributed by atoms with Gasteiger partial charge in [-0.2, -0.15) is 0 Å². The molecule has 0 saturated heterocycles. The standard InChI is InChI=1S/C12H15BrO2/c1-3-4-11(14)8-15-12-6-5-10(13)7-9(12)2/h5-7H,3-4,8H2,1-2H3. The summed E-state index contributed by atoms with van der Waals surface area (Å²) in [6.45, 7) is 4.13. The Bertz CT molecular complexity index is 347. The van der Waals surface area contributed by atoms with Crippen molar-refractivity contribution in [2.24, 2.45) is 0 Å². The molecule has 1 rings (SSSR count). The van der Waals surface area contributed by atoms with E-state index >= 15 is 0 Å². The average Bonchev–Trinajstić information content (AvgIpc) is 2.17. The normalized spacial score (nSPS) is 10.1. The van der Waals surface area contributed by atoms with Gasteiger partial charge in [0.15, 0.2) is 5.78 Å². The zero-order valence-electron chi connectivity index (χ0n) is 9.05. The molecular weight excluding hydrogens is 256 g/mol. The lowest BCUT2D eigenvalue weighted by Gasteiger charge is -2.08. The molecule has 0 bridgehead atoms.